The lowest BCUT2D eigenvalue weighted by Crippen LogP contribution is -2.21. The summed E-state index contributed by atoms with van der Waals surface area (Å²) < 4.78 is 12.6. The molecule has 0 unspecified atom stereocenters. The monoisotopic (exact) mass is 198 g/mol. The Balaban J connectivity index is 2.60. The second kappa shape index (κ2) is 4.31. The van der Waals surface area contributed by atoms with E-state index in [4.69, 9.17) is 0 Å². The molecule has 0 saturated carbocycles. The van der Waals surface area contributed by atoms with Crippen LogP contribution < -0.4 is 5.32 Å². The van der Waals surface area contributed by atoms with Gasteiger partial charge in [0.1, 0.15) is 5.82 Å². The number of halogens is 1. The van der Waals surface area contributed by atoms with Gasteiger partial charge in [0.15, 0.2) is 0 Å². The molecule has 0 aliphatic heterocycles. The quantitative estimate of drug-likeness (QED) is 0.582. The van der Waals surface area contributed by atoms with Gasteiger partial charge in [0.2, 0.25) is 0 Å². The van der Waals surface area contributed by atoms with E-state index in [-0.39, 0.29) is 5.69 Å². The summed E-state index contributed by atoms with van der Waals surface area (Å²) in [6, 6.07) is 5.14. The number of benzene rings is 1. The average molecular weight is 198 g/mol. The molecule has 0 atom stereocenters. The number of nitro groups is 1. The van der Waals surface area contributed by atoms with Gasteiger partial charge in [-0.05, 0) is 18.2 Å². The molecule has 0 aromatic heterocycles. The molecule has 74 valence electrons. The number of carbonyl (C=O) groups is 1. The van der Waals surface area contributed by atoms with Crippen LogP contribution in [0.5, 0.6) is 0 Å². The van der Waals surface area contributed by atoms with Crippen LogP contribution in [-0.2, 0) is 4.79 Å². The largest absolute Gasteiger partial charge is 0.320 e. The number of hydrogen-bond donors (Lipinski definition) is 1. The second-order valence-electron chi connectivity index (χ2n) is 2.55. The van der Waals surface area contributed by atoms with Crippen molar-refractivity contribution in [2.24, 2.45) is 0 Å². The number of nitrogens with one attached hydrogen (secondary N) is 1. The van der Waals surface area contributed by atoms with Crippen molar-refractivity contribution in [1.29, 1.82) is 0 Å². The molecule has 5 nitrogen and oxygen atoms in total. The van der Waals surface area contributed by atoms with Crippen LogP contribution >= 0.6 is 0 Å². The summed E-state index contributed by atoms with van der Waals surface area (Å²) in [5, 5.41) is 12.1. The van der Waals surface area contributed by atoms with Crippen molar-refractivity contribution in [2.75, 3.05) is 11.9 Å². The first-order valence-corrected chi connectivity index (χ1v) is 3.75. The van der Waals surface area contributed by atoms with Crippen LogP contribution in [0.4, 0.5) is 10.1 Å². The lowest BCUT2D eigenvalue weighted by atomic mass is 10.3. The van der Waals surface area contributed by atoms with Crippen LogP contribution in [0.2, 0.25) is 0 Å². The van der Waals surface area contributed by atoms with Crippen molar-refractivity contribution in [3.8, 4) is 0 Å². The first-order chi connectivity index (χ1) is 6.58. The Labute approximate surface area is 78.7 Å². The number of anilines is 1. The second-order valence-corrected chi connectivity index (χ2v) is 2.55. The minimum Gasteiger partial charge on any atom is -0.320 e. The van der Waals surface area contributed by atoms with Crippen molar-refractivity contribution >= 4 is 11.6 Å². The fourth-order valence-electron chi connectivity index (χ4n) is 0.884. The summed E-state index contributed by atoms with van der Waals surface area (Å²) >= 11 is 0. The molecule has 1 aromatic carbocycles. The van der Waals surface area contributed by atoms with E-state index in [9.17, 15) is 19.3 Å². The van der Waals surface area contributed by atoms with Gasteiger partial charge in [-0.1, -0.05) is 6.07 Å². The lowest BCUT2D eigenvalue weighted by Gasteiger charge is -2.01. The maximum absolute atomic E-state index is 12.6. The molecule has 1 amide bonds. The van der Waals surface area contributed by atoms with E-state index >= 15 is 0 Å². The Kier molecular flexibility index (Phi) is 3.11. The highest BCUT2D eigenvalue weighted by molar-refractivity contribution is 5.91. The number of carbonyl (C=O) groups excluding carboxylic acids is 1. The Morgan fingerprint density at radius 3 is 2.86 bits per heavy atom. The van der Waals surface area contributed by atoms with Gasteiger partial charge >= 0.3 is 0 Å². The number of nitrogens with zero attached hydrogens (tertiary/aromatic N) is 1. The zero-order valence-corrected chi connectivity index (χ0v) is 7.07. The maximum Gasteiger partial charge on any atom is 0.296 e. The third-order valence-corrected chi connectivity index (χ3v) is 1.38. The smallest absolute Gasteiger partial charge is 0.296 e. The average Bonchev–Trinajstić information content (AvgIpc) is 2.01. The Morgan fingerprint density at radius 1 is 1.57 bits per heavy atom. The molecule has 6 heteroatoms. The zero-order valence-electron chi connectivity index (χ0n) is 7.07. The number of amides is 1. The SMILES string of the molecule is O=C(C[N+](=O)[O-])Nc1cccc(F)c1. The van der Waals surface area contributed by atoms with Gasteiger partial charge < -0.3 is 5.32 Å². The summed E-state index contributed by atoms with van der Waals surface area (Å²) in [4.78, 5) is 20.0. The van der Waals surface area contributed by atoms with E-state index in [1.807, 2.05) is 0 Å². The highest BCUT2D eigenvalue weighted by Gasteiger charge is 2.09. The van der Waals surface area contributed by atoms with E-state index in [0.717, 1.165) is 6.07 Å². The summed E-state index contributed by atoms with van der Waals surface area (Å²) in [6.07, 6.45) is 0. The fraction of sp³-hybridized carbons (Fsp3) is 0.125. The minimum atomic E-state index is -0.823. The molecule has 0 aliphatic rings. The highest BCUT2D eigenvalue weighted by atomic mass is 19.1. The summed E-state index contributed by atoms with van der Waals surface area (Å²) in [7, 11) is 0. The fourth-order valence-corrected chi connectivity index (χ4v) is 0.884. The van der Waals surface area contributed by atoms with Crippen molar-refractivity contribution < 1.29 is 14.1 Å². The van der Waals surface area contributed by atoms with Crippen molar-refractivity contribution in [3.63, 3.8) is 0 Å². The normalized spacial score (nSPS) is 9.50. The predicted octanol–water partition coefficient (Wildman–Crippen LogP) is 1.04. The molecule has 1 aromatic rings. The van der Waals surface area contributed by atoms with Crippen molar-refractivity contribution in [1.82, 2.24) is 0 Å². The number of rotatable bonds is 3. The van der Waals surface area contributed by atoms with Gasteiger partial charge in [-0.15, -0.1) is 0 Å². The topological polar surface area (TPSA) is 72.2 Å². The van der Waals surface area contributed by atoms with Crippen LogP contribution in [0.25, 0.3) is 0 Å². The molecule has 0 spiro atoms. The molecule has 0 aliphatic carbocycles. The molecule has 0 saturated heterocycles. The third-order valence-electron chi connectivity index (χ3n) is 1.38. The van der Waals surface area contributed by atoms with Crippen LogP contribution in [-0.4, -0.2) is 17.4 Å². The molecular formula is C8H7FN2O3. The van der Waals surface area contributed by atoms with Crippen molar-refractivity contribution in [3.05, 3.63) is 40.2 Å². The highest BCUT2D eigenvalue weighted by Crippen LogP contribution is 2.08. The maximum atomic E-state index is 12.6. The van der Waals surface area contributed by atoms with Crippen LogP contribution in [0.15, 0.2) is 24.3 Å². The van der Waals surface area contributed by atoms with Gasteiger partial charge in [0.05, 0.1) is 0 Å². The zero-order chi connectivity index (χ0) is 10.6. The molecular weight excluding hydrogens is 191 g/mol. The summed E-state index contributed by atoms with van der Waals surface area (Å²) in [5.41, 5.74) is 0.205. The van der Waals surface area contributed by atoms with E-state index < -0.39 is 23.2 Å². The van der Waals surface area contributed by atoms with E-state index in [1.165, 1.54) is 18.2 Å². The minimum absolute atomic E-state index is 0.205. The standard InChI is InChI=1S/C8H7FN2O3/c9-6-2-1-3-7(4-6)10-8(12)5-11(13)14/h1-4H,5H2,(H,10,12). The van der Waals surface area contributed by atoms with Crippen LogP contribution in [0.1, 0.15) is 0 Å². The first kappa shape index (κ1) is 10.1. The first-order valence-electron chi connectivity index (χ1n) is 3.75. The summed E-state index contributed by atoms with van der Waals surface area (Å²) in [5.74, 6) is -1.29. The van der Waals surface area contributed by atoms with Gasteiger partial charge in [-0.25, -0.2) is 4.39 Å². The molecule has 14 heavy (non-hydrogen) atoms. The van der Waals surface area contributed by atoms with E-state index in [0.29, 0.717) is 0 Å². The van der Waals surface area contributed by atoms with Gasteiger partial charge in [0.25, 0.3) is 12.5 Å². The van der Waals surface area contributed by atoms with Crippen LogP contribution in [0, 0.1) is 15.9 Å². The van der Waals surface area contributed by atoms with Gasteiger partial charge in [-0.3, -0.25) is 14.9 Å². The number of hydrogen-bond acceptors (Lipinski definition) is 3. The molecule has 0 radical (unpaired) electrons. The Morgan fingerprint density at radius 2 is 2.29 bits per heavy atom. The van der Waals surface area contributed by atoms with Gasteiger partial charge in [0, 0.05) is 10.6 Å². The molecule has 0 heterocycles. The van der Waals surface area contributed by atoms with E-state index in [1.54, 1.807) is 0 Å². The Hall–Kier alpha value is -1.98. The lowest BCUT2D eigenvalue weighted by molar-refractivity contribution is -0.467. The molecule has 0 bridgehead atoms. The summed E-state index contributed by atoms with van der Waals surface area (Å²) in [6.45, 7) is -0.823. The predicted molar refractivity (Wildman–Crippen MR) is 46.9 cm³/mol. The Bertz CT molecular complexity index is 367. The third kappa shape index (κ3) is 3.18. The molecule has 0 fully saturated rings. The van der Waals surface area contributed by atoms with Gasteiger partial charge in [-0.2, -0.15) is 0 Å². The van der Waals surface area contributed by atoms with E-state index in [2.05, 4.69) is 5.32 Å². The molecule has 1 N–H and O–H groups in total. The molecule has 1 rings (SSSR count). The van der Waals surface area contributed by atoms with Crippen molar-refractivity contribution in [2.45, 2.75) is 0 Å². The van der Waals surface area contributed by atoms with Crippen LogP contribution in [0.3, 0.4) is 0 Å².